The summed E-state index contributed by atoms with van der Waals surface area (Å²) in [4.78, 5) is 37.3. The Hall–Kier alpha value is -4.26. The molecule has 3 aromatic rings. The van der Waals surface area contributed by atoms with Gasteiger partial charge in [0.2, 0.25) is 0 Å². The Morgan fingerprint density at radius 3 is 2.06 bits per heavy atom. The second kappa shape index (κ2) is 10.7. The number of hydrogen-bond acceptors (Lipinski definition) is 3. The van der Waals surface area contributed by atoms with Gasteiger partial charge in [-0.25, -0.2) is 9.18 Å². The fourth-order valence-electron chi connectivity index (χ4n) is 2.95. The zero-order valence-electron chi connectivity index (χ0n) is 17.0. The van der Waals surface area contributed by atoms with Crippen molar-refractivity contribution >= 4 is 23.9 Å². The Morgan fingerprint density at radius 1 is 0.875 bits per heavy atom. The molecule has 0 saturated heterocycles. The third-order valence-corrected chi connectivity index (χ3v) is 4.60. The molecular weight excluding hydrogens is 411 g/mol. The van der Waals surface area contributed by atoms with Gasteiger partial charge >= 0.3 is 5.97 Å². The van der Waals surface area contributed by atoms with Crippen LogP contribution in [-0.4, -0.2) is 28.9 Å². The fourth-order valence-corrected chi connectivity index (χ4v) is 2.95. The van der Waals surface area contributed by atoms with Crippen molar-refractivity contribution < 1.29 is 23.9 Å². The number of halogens is 1. The van der Waals surface area contributed by atoms with Crippen molar-refractivity contribution in [1.29, 1.82) is 0 Å². The van der Waals surface area contributed by atoms with Crippen LogP contribution in [0.3, 0.4) is 0 Å². The molecule has 0 aromatic heterocycles. The van der Waals surface area contributed by atoms with E-state index in [1.54, 1.807) is 60.7 Å². The van der Waals surface area contributed by atoms with Crippen LogP contribution in [-0.2, 0) is 16.0 Å². The quantitative estimate of drug-likeness (QED) is 0.476. The Kier molecular flexibility index (Phi) is 7.48. The molecule has 3 rings (SSSR count). The van der Waals surface area contributed by atoms with E-state index in [0.717, 1.165) is 5.56 Å². The topological polar surface area (TPSA) is 95.5 Å². The van der Waals surface area contributed by atoms with E-state index in [1.807, 2.05) is 0 Å². The van der Waals surface area contributed by atoms with Gasteiger partial charge in [0.15, 0.2) is 0 Å². The second-order valence-electron chi connectivity index (χ2n) is 6.98. The van der Waals surface area contributed by atoms with Crippen LogP contribution in [0.2, 0.25) is 0 Å². The normalized spacial score (nSPS) is 12.0. The van der Waals surface area contributed by atoms with Crippen LogP contribution in [0.1, 0.15) is 21.5 Å². The van der Waals surface area contributed by atoms with E-state index in [9.17, 15) is 23.9 Å². The molecule has 0 fully saturated rings. The van der Waals surface area contributed by atoms with Crippen molar-refractivity contribution in [2.24, 2.45) is 0 Å². The Bertz CT molecular complexity index is 1110. The number of carboxylic acid groups (broad SMARTS) is 1. The monoisotopic (exact) mass is 432 g/mol. The number of rotatable bonds is 8. The summed E-state index contributed by atoms with van der Waals surface area (Å²) >= 11 is 0. The first-order valence-corrected chi connectivity index (χ1v) is 9.83. The molecule has 32 heavy (non-hydrogen) atoms. The molecule has 0 aliphatic rings. The number of amides is 2. The maximum absolute atomic E-state index is 13.2. The molecule has 3 N–H and O–H groups in total. The molecule has 0 spiro atoms. The number of benzene rings is 3. The van der Waals surface area contributed by atoms with E-state index in [4.69, 9.17) is 0 Å². The van der Waals surface area contributed by atoms with Crippen LogP contribution in [0.25, 0.3) is 6.08 Å². The summed E-state index contributed by atoms with van der Waals surface area (Å²) in [5.41, 5.74) is 1.35. The summed E-state index contributed by atoms with van der Waals surface area (Å²) < 4.78 is 13.2. The lowest BCUT2D eigenvalue weighted by Crippen LogP contribution is -2.45. The first kappa shape index (κ1) is 22.4. The van der Waals surface area contributed by atoms with Crippen LogP contribution in [0.15, 0.2) is 90.6 Å². The molecule has 7 heteroatoms. The van der Waals surface area contributed by atoms with Crippen LogP contribution < -0.4 is 10.6 Å². The Balaban J connectivity index is 1.85. The number of carbonyl (C=O) groups is 3. The first-order valence-electron chi connectivity index (χ1n) is 9.83. The number of carbonyl (C=O) groups excluding carboxylic acids is 2. The van der Waals surface area contributed by atoms with Gasteiger partial charge in [0.25, 0.3) is 11.8 Å². The van der Waals surface area contributed by atoms with Gasteiger partial charge in [-0.2, -0.15) is 0 Å². The van der Waals surface area contributed by atoms with E-state index in [-0.39, 0.29) is 12.1 Å². The molecule has 2 amide bonds. The first-order chi connectivity index (χ1) is 15.4. The van der Waals surface area contributed by atoms with E-state index >= 15 is 0 Å². The van der Waals surface area contributed by atoms with Crippen LogP contribution in [0, 0.1) is 5.82 Å². The standard InChI is InChI=1S/C25H21FN2O4/c26-20-13-11-18(12-14-20)15-21(27-23(29)19-9-5-2-6-10-19)24(30)28-22(25(31)32)16-17-7-3-1-4-8-17/h1-15,22H,16H2,(H,27,29)(H,28,30)(H,31,32)/b21-15+/t22-/m1/s1. The Labute approximate surface area is 184 Å². The predicted molar refractivity (Wildman–Crippen MR) is 118 cm³/mol. The summed E-state index contributed by atoms with van der Waals surface area (Å²) in [6.45, 7) is 0. The molecule has 0 heterocycles. The van der Waals surface area contributed by atoms with Gasteiger partial charge in [0.1, 0.15) is 17.6 Å². The predicted octanol–water partition coefficient (Wildman–Crippen LogP) is 3.41. The summed E-state index contributed by atoms with van der Waals surface area (Å²) in [6, 6.07) is 21.2. The van der Waals surface area contributed by atoms with Crippen LogP contribution >= 0.6 is 0 Å². The molecular formula is C25H21FN2O4. The average molecular weight is 432 g/mol. The molecule has 0 aliphatic carbocycles. The van der Waals surface area contributed by atoms with E-state index in [1.165, 1.54) is 30.3 Å². The van der Waals surface area contributed by atoms with Gasteiger partial charge in [-0.05, 0) is 41.5 Å². The third-order valence-electron chi connectivity index (χ3n) is 4.60. The molecule has 0 bridgehead atoms. The molecule has 1 atom stereocenters. The molecule has 0 radical (unpaired) electrons. The highest BCUT2D eigenvalue weighted by Crippen LogP contribution is 2.10. The van der Waals surface area contributed by atoms with E-state index in [2.05, 4.69) is 10.6 Å². The lowest BCUT2D eigenvalue weighted by molar-refractivity contribution is -0.141. The SMILES string of the molecule is O=C(N[C@H](Cc1ccccc1)C(=O)O)/C(=C\c1ccc(F)cc1)NC(=O)c1ccccc1. The molecule has 0 aliphatic heterocycles. The summed E-state index contributed by atoms with van der Waals surface area (Å²) in [7, 11) is 0. The highest BCUT2D eigenvalue weighted by molar-refractivity contribution is 6.06. The number of hydrogen-bond donors (Lipinski definition) is 3. The van der Waals surface area contributed by atoms with Gasteiger partial charge in [-0.15, -0.1) is 0 Å². The summed E-state index contributed by atoms with van der Waals surface area (Å²) in [5.74, 6) is -2.97. The maximum Gasteiger partial charge on any atom is 0.326 e. The minimum absolute atomic E-state index is 0.0678. The van der Waals surface area contributed by atoms with Crippen molar-refractivity contribution in [2.45, 2.75) is 12.5 Å². The average Bonchev–Trinajstić information content (AvgIpc) is 2.80. The summed E-state index contributed by atoms with van der Waals surface area (Å²) in [5, 5.41) is 14.6. The van der Waals surface area contributed by atoms with Crippen molar-refractivity contribution in [3.8, 4) is 0 Å². The minimum Gasteiger partial charge on any atom is -0.480 e. The smallest absolute Gasteiger partial charge is 0.326 e. The molecule has 6 nitrogen and oxygen atoms in total. The zero-order chi connectivity index (χ0) is 22.9. The molecule has 0 saturated carbocycles. The molecule has 0 unspecified atom stereocenters. The largest absolute Gasteiger partial charge is 0.480 e. The van der Waals surface area contributed by atoms with Crippen LogP contribution in [0.5, 0.6) is 0 Å². The zero-order valence-corrected chi connectivity index (χ0v) is 17.0. The third kappa shape index (κ3) is 6.37. The van der Waals surface area contributed by atoms with Gasteiger partial charge < -0.3 is 15.7 Å². The number of aliphatic carboxylic acids is 1. The van der Waals surface area contributed by atoms with E-state index < -0.39 is 29.6 Å². The lowest BCUT2D eigenvalue weighted by Gasteiger charge is -2.17. The van der Waals surface area contributed by atoms with Gasteiger partial charge in [0, 0.05) is 12.0 Å². The molecule has 3 aromatic carbocycles. The highest BCUT2D eigenvalue weighted by atomic mass is 19.1. The fraction of sp³-hybridized carbons (Fsp3) is 0.0800. The van der Waals surface area contributed by atoms with Crippen molar-refractivity contribution in [2.75, 3.05) is 0 Å². The Morgan fingerprint density at radius 2 is 1.47 bits per heavy atom. The highest BCUT2D eigenvalue weighted by Gasteiger charge is 2.23. The molecule has 162 valence electrons. The van der Waals surface area contributed by atoms with Crippen molar-refractivity contribution in [3.05, 3.63) is 113 Å². The number of nitrogens with one attached hydrogen (secondary N) is 2. The summed E-state index contributed by atoms with van der Waals surface area (Å²) in [6.07, 6.45) is 1.43. The minimum atomic E-state index is -1.21. The van der Waals surface area contributed by atoms with Crippen molar-refractivity contribution in [3.63, 3.8) is 0 Å². The number of carboxylic acids is 1. The second-order valence-corrected chi connectivity index (χ2v) is 6.98. The van der Waals surface area contributed by atoms with E-state index in [0.29, 0.717) is 11.1 Å². The lowest BCUT2D eigenvalue weighted by atomic mass is 10.1. The van der Waals surface area contributed by atoms with Gasteiger partial charge in [0.05, 0.1) is 0 Å². The van der Waals surface area contributed by atoms with Gasteiger partial charge in [-0.3, -0.25) is 9.59 Å². The van der Waals surface area contributed by atoms with Crippen molar-refractivity contribution in [1.82, 2.24) is 10.6 Å². The maximum atomic E-state index is 13.2. The van der Waals surface area contributed by atoms with Crippen LogP contribution in [0.4, 0.5) is 4.39 Å². The van der Waals surface area contributed by atoms with Gasteiger partial charge in [-0.1, -0.05) is 60.7 Å².